The summed E-state index contributed by atoms with van der Waals surface area (Å²) in [6.07, 6.45) is -3.92. The Hall–Kier alpha value is -1.76. The van der Waals surface area contributed by atoms with Gasteiger partial charge in [0.15, 0.2) is 0 Å². The molecule has 1 atom stereocenters. The van der Waals surface area contributed by atoms with E-state index in [9.17, 15) is 18.3 Å². The van der Waals surface area contributed by atoms with Crippen molar-refractivity contribution < 1.29 is 18.3 Å². The van der Waals surface area contributed by atoms with Gasteiger partial charge < -0.3 is 15.0 Å². The number of fused-ring (bicyclic) bond motifs is 1. The van der Waals surface area contributed by atoms with Crippen LogP contribution in [0, 0.1) is 0 Å². The number of nitrogens with zero attached hydrogens (tertiary/aromatic N) is 2. The van der Waals surface area contributed by atoms with E-state index in [1.54, 1.807) is 6.07 Å². The minimum absolute atomic E-state index is 0.00160. The Labute approximate surface area is 106 Å². The lowest BCUT2D eigenvalue weighted by Crippen LogP contribution is -2.20. The molecule has 1 aromatic carbocycles. The number of aromatic hydroxyl groups is 1. The van der Waals surface area contributed by atoms with E-state index in [0.717, 1.165) is 0 Å². The van der Waals surface area contributed by atoms with Crippen molar-refractivity contribution in [2.75, 3.05) is 13.1 Å². The molecular weight excluding hydrogens is 259 g/mol. The van der Waals surface area contributed by atoms with E-state index in [2.05, 4.69) is 10.3 Å². The summed E-state index contributed by atoms with van der Waals surface area (Å²) in [6, 6.07) is 4.13. The predicted molar refractivity (Wildman–Crippen MR) is 62.9 cm³/mol. The highest BCUT2D eigenvalue weighted by atomic mass is 19.4. The minimum atomic E-state index is -4.53. The molecule has 102 valence electrons. The van der Waals surface area contributed by atoms with E-state index in [1.807, 2.05) is 0 Å². The molecule has 0 saturated carbocycles. The lowest BCUT2D eigenvalue weighted by Gasteiger charge is -2.16. The first-order chi connectivity index (χ1) is 8.98. The van der Waals surface area contributed by atoms with E-state index >= 15 is 0 Å². The summed E-state index contributed by atoms with van der Waals surface area (Å²) < 4.78 is 40.4. The van der Waals surface area contributed by atoms with Crippen LogP contribution in [0.1, 0.15) is 18.3 Å². The van der Waals surface area contributed by atoms with Gasteiger partial charge in [-0.25, -0.2) is 4.98 Å². The Bertz CT molecular complexity index is 614. The fourth-order valence-corrected chi connectivity index (χ4v) is 2.53. The van der Waals surface area contributed by atoms with Crippen molar-refractivity contribution in [3.05, 3.63) is 24.0 Å². The quantitative estimate of drug-likeness (QED) is 0.836. The summed E-state index contributed by atoms with van der Waals surface area (Å²) in [5.74, 6) is -1.18. The Morgan fingerprint density at radius 3 is 2.79 bits per heavy atom. The first-order valence-corrected chi connectivity index (χ1v) is 5.96. The van der Waals surface area contributed by atoms with Gasteiger partial charge in [0.05, 0.1) is 5.52 Å². The summed E-state index contributed by atoms with van der Waals surface area (Å²) in [4.78, 5) is 3.59. The largest absolute Gasteiger partial charge is 0.506 e. The molecule has 19 heavy (non-hydrogen) atoms. The van der Waals surface area contributed by atoms with Crippen molar-refractivity contribution in [2.45, 2.75) is 18.6 Å². The standard InChI is InChI=1S/C12H12F3N3O/c13-12(14,15)11-17-10-8(2-1-3-9(10)19)18(11)7-4-5-16-6-7/h1-3,7,16,19H,4-6H2. The lowest BCUT2D eigenvalue weighted by molar-refractivity contribution is -0.147. The number of imidazole rings is 1. The van der Waals surface area contributed by atoms with Gasteiger partial charge in [-0.05, 0) is 25.1 Å². The molecular formula is C12H12F3N3O. The van der Waals surface area contributed by atoms with Crippen molar-refractivity contribution in [1.29, 1.82) is 0 Å². The second kappa shape index (κ2) is 4.12. The molecule has 2 heterocycles. The van der Waals surface area contributed by atoms with Gasteiger partial charge in [0.25, 0.3) is 0 Å². The van der Waals surface area contributed by atoms with Crippen LogP contribution in [-0.4, -0.2) is 27.7 Å². The summed E-state index contributed by atoms with van der Waals surface area (Å²) in [7, 11) is 0. The smallest absolute Gasteiger partial charge is 0.449 e. The van der Waals surface area contributed by atoms with Crippen molar-refractivity contribution in [1.82, 2.24) is 14.9 Å². The highest BCUT2D eigenvalue weighted by molar-refractivity contribution is 5.82. The number of alkyl halides is 3. The molecule has 0 aliphatic carbocycles. The third-order valence-electron chi connectivity index (χ3n) is 3.35. The van der Waals surface area contributed by atoms with Crippen LogP contribution in [0.5, 0.6) is 5.75 Å². The average molecular weight is 271 g/mol. The van der Waals surface area contributed by atoms with E-state index < -0.39 is 12.0 Å². The van der Waals surface area contributed by atoms with Gasteiger partial charge in [-0.3, -0.25) is 0 Å². The number of para-hydroxylation sites is 1. The first-order valence-electron chi connectivity index (χ1n) is 5.96. The first kappa shape index (κ1) is 12.3. The number of halogens is 3. The maximum atomic E-state index is 13.1. The number of hydrogen-bond donors (Lipinski definition) is 2. The Morgan fingerprint density at radius 1 is 1.37 bits per heavy atom. The van der Waals surface area contributed by atoms with Gasteiger partial charge in [0, 0.05) is 12.6 Å². The van der Waals surface area contributed by atoms with Crippen molar-refractivity contribution in [2.24, 2.45) is 0 Å². The molecule has 1 aromatic heterocycles. The predicted octanol–water partition coefficient (Wildman–Crippen LogP) is 2.30. The van der Waals surface area contributed by atoms with Crippen LogP contribution in [0.2, 0.25) is 0 Å². The van der Waals surface area contributed by atoms with Gasteiger partial charge in [-0.1, -0.05) is 6.07 Å². The molecule has 0 amide bonds. The van der Waals surface area contributed by atoms with Gasteiger partial charge in [0.1, 0.15) is 11.3 Å². The van der Waals surface area contributed by atoms with Crippen molar-refractivity contribution >= 4 is 11.0 Å². The number of rotatable bonds is 1. The van der Waals surface area contributed by atoms with Crippen LogP contribution < -0.4 is 5.32 Å². The Kier molecular flexibility index (Phi) is 2.67. The highest BCUT2D eigenvalue weighted by Crippen LogP contribution is 2.37. The van der Waals surface area contributed by atoms with E-state index in [4.69, 9.17) is 0 Å². The van der Waals surface area contributed by atoms with E-state index in [-0.39, 0.29) is 17.3 Å². The zero-order chi connectivity index (χ0) is 13.6. The second-order valence-corrected chi connectivity index (χ2v) is 4.59. The van der Waals surface area contributed by atoms with Crippen molar-refractivity contribution in [3.8, 4) is 5.75 Å². The third kappa shape index (κ3) is 1.94. The third-order valence-corrected chi connectivity index (χ3v) is 3.35. The van der Waals surface area contributed by atoms with Crippen LogP contribution in [0.15, 0.2) is 18.2 Å². The fourth-order valence-electron chi connectivity index (χ4n) is 2.53. The Balaban J connectivity index is 2.28. The molecule has 2 aromatic rings. The molecule has 1 unspecified atom stereocenters. The normalized spacial score (nSPS) is 20.3. The van der Waals surface area contributed by atoms with Gasteiger partial charge >= 0.3 is 6.18 Å². The number of nitrogens with one attached hydrogen (secondary N) is 1. The van der Waals surface area contributed by atoms with Gasteiger partial charge in [-0.2, -0.15) is 13.2 Å². The number of hydrogen-bond acceptors (Lipinski definition) is 3. The molecule has 4 nitrogen and oxygen atoms in total. The number of phenolic OH excluding ortho intramolecular Hbond substituents is 1. The van der Waals surface area contributed by atoms with Crippen LogP contribution in [0.4, 0.5) is 13.2 Å². The van der Waals surface area contributed by atoms with Crippen LogP contribution in [0.25, 0.3) is 11.0 Å². The lowest BCUT2D eigenvalue weighted by atomic mass is 10.2. The maximum absolute atomic E-state index is 13.1. The van der Waals surface area contributed by atoms with Crippen molar-refractivity contribution in [3.63, 3.8) is 0 Å². The molecule has 1 aliphatic heterocycles. The number of aromatic nitrogens is 2. The van der Waals surface area contributed by atoms with Crippen LogP contribution in [0.3, 0.4) is 0 Å². The maximum Gasteiger partial charge on any atom is 0.449 e. The fraction of sp³-hybridized carbons (Fsp3) is 0.417. The van der Waals surface area contributed by atoms with Gasteiger partial charge in [0.2, 0.25) is 5.82 Å². The van der Waals surface area contributed by atoms with Crippen LogP contribution >= 0.6 is 0 Å². The molecule has 0 radical (unpaired) electrons. The highest BCUT2D eigenvalue weighted by Gasteiger charge is 2.40. The summed E-state index contributed by atoms with van der Waals surface area (Å²) >= 11 is 0. The summed E-state index contributed by atoms with van der Waals surface area (Å²) in [6.45, 7) is 1.16. The second-order valence-electron chi connectivity index (χ2n) is 4.59. The SMILES string of the molecule is Oc1cccc2c1nc(C(F)(F)F)n2C1CCNC1. The average Bonchev–Trinajstić information content (AvgIpc) is 2.93. The van der Waals surface area contributed by atoms with E-state index in [0.29, 0.717) is 25.0 Å². The summed E-state index contributed by atoms with van der Waals surface area (Å²) in [5.41, 5.74) is 0.322. The zero-order valence-corrected chi connectivity index (χ0v) is 9.91. The summed E-state index contributed by atoms with van der Waals surface area (Å²) in [5, 5.41) is 12.7. The molecule has 3 rings (SSSR count). The molecule has 0 bridgehead atoms. The molecule has 1 fully saturated rings. The topological polar surface area (TPSA) is 50.1 Å². The number of phenols is 1. The number of benzene rings is 1. The Morgan fingerprint density at radius 2 is 2.16 bits per heavy atom. The monoisotopic (exact) mass is 271 g/mol. The molecule has 1 saturated heterocycles. The van der Waals surface area contributed by atoms with E-state index in [1.165, 1.54) is 16.7 Å². The molecule has 0 spiro atoms. The minimum Gasteiger partial charge on any atom is -0.506 e. The molecule has 7 heteroatoms. The van der Waals surface area contributed by atoms with Gasteiger partial charge in [-0.15, -0.1) is 0 Å². The molecule has 2 N–H and O–H groups in total. The molecule has 1 aliphatic rings. The van der Waals surface area contributed by atoms with Crippen LogP contribution in [-0.2, 0) is 6.18 Å². The zero-order valence-electron chi connectivity index (χ0n) is 9.91.